The van der Waals surface area contributed by atoms with Crippen LogP contribution in [0.15, 0.2) is 0 Å². The quantitative estimate of drug-likeness (QED) is 0.414. The second-order valence-corrected chi connectivity index (χ2v) is 3.36. The Morgan fingerprint density at radius 3 is 2.00 bits per heavy atom. The summed E-state index contributed by atoms with van der Waals surface area (Å²) in [7, 11) is 1.70. The van der Waals surface area contributed by atoms with Crippen LogP contribution < -0.4 is 0 Å². The van der Waals surface area contributed by atoms with Crippen molar-refractivity contribution >= 4 is 5.97 Å². The van der Waals surface area contributed by atoms with Crippen molar-refractivity contribution < 1.29 is 19.0 Å². The average Bonchev–Trinajstić information content (AvgIpc) is 2.20. The largest absolute Gasteiger partial charge is 0.466 e. The van der Waals surface area contributed by atoms with Crippen LogP contribution in [-0.2, 0) is 19.0 Å². The highest BCUT2D eigenvalue weighted by Gasteiger charge is 1.93. The number of ether oxygens (including phenoxy) is 3. The van der Waals surface area contributed by atoms with Crippen LogP contribution >= 0.6 is 0 Å². The molecule has 0 N–H and O–H groups in total. The van der Waals surface area contributed by atoms with E-state index in [1.165, 1.54) is 6.92 Å². The minimum atomic E-state index is -0.213. The minimum absolute atomic E-state index is 0.213. The molecule has 0 aliphatic rings. The Hall–Kier alpha value is -0.610. The molecule has 0 spiro atoms. The standard InChI is InChI=1S/C11H22O4/c1-11(12)15-10-6-5-9-14-8-4-3-7-13-2/h3-10H2,1-2H3. The molecule has 0 rings (SSSR count). The van der Waals surface area contributed by atoms with Crippen molar-refractivity contribution in [3.63, 3.8) is 0 Å². The zero-order valence-corrected chi connectivity index (χ0v) is 9.79. The van der Waals surface area contributed by atoms with Gasteiger partial charge in [0.1, 0.15) is 0 Å². The van der Waals surface area contributed by atoms with Crippen LogP contribution in [0.4, 0.5) is 0 Å². The molecule has 0 bridgehead atoms. The maximum atomic E-state index is 10.4. The summed E-state index contributed by atoms with van der Waals surface area (Å²) in [6.45, 7) is 4.26. The maximum Gasteiger partial charge on any atom is 0.302 e. The van der Waals surface area contributed by atoms with Gasteiger partial charge >= 0.3 is 5.97 Å². The number of carbonyl (C=O) groups excluding carboxylic acids is 1. The monoisotopic (exact) mass is 218 g/mol. The van der Waals surface area contributed by atoms with Crippen molar-refractivity contribution in [3.8, 4) is 0 Å². The fourth-order valence-corrected chi connectivity index (χ4v) is 1.07. The molecule has 0 aromatic carbocycles. The van der Waals surface area contributed by atoms with Gasteiger partial charge in [-0.3, -0.25) is 4.79 Å². The lowest BCUT2D eigenvalue weighted by Gasteiger charge is -2.04. The lowest BCUT2D eigenvalue weighted by Crippen LogP contribution is -2.03. The van der Waals surface area contributed by atoms with Crippen LogP contribution in [0, 0.1) is 0 Å². The number of hydrogen-bond donors (Lipinski definition) is 0. The molecule has 0 aromatic heterocycles. The van der Waals surface area contributed by atoms with Crippen LogP contribution in [0.3, 0.4) is 0 Å². The molecule has 4 nitrogen and oxygen atoms in total. The summed E-state index contributed by atoms with van der Waals surface area (Å²) in [6.07, 6.45) is 3.90. The van der Waals surface area contributed by atoms with Crippen molar-refractivity contribution in [1.29, 1.82) is 0 Å². The van der Waals surface area contributed by atoms with Gasteiger partial charge < -0.3 is 14.2 Å². The van der Waals surface area contributed by atoms with Gasteiger partial charge in [0.15, 0.2) is 0 Å². The van der Waals surface area contributed by atoms with Crippen LogP contribution in [-0.4, -0.2) is 39.5 Å². The van der Waals surface area contributed by atoms with Gasteiger partial charge in [-0.25, -0.2) is 0 Å². The average molecular weight is 218 g/mol. The van der Waals surface area contributed by atoms with Crippen molar-refractivity contribution in [2.45, 2.75) is 32.6 Å². The summed E-state index contributed by atoms with van der Waals surface area (Å²) in [4.78, 5) is 10.4. The van der Waals surface area contributed by atoms with Crippen molar-refractivity contribution in [2.24, 2.45) is 0 Å². The van der Waals surface area contributed by atoms with Gasteiger partial charge in [0.05, 0.1) is 6.61 Å². The first-order chi connectivity index (χ1) is 7.27. The third-order valence-corrected chi connectivity index (χ3v) is 1.88. The van der Waals surface area contributed by atoms with E-state index in [0.717, 1.165) is 45.5 Å². The third-order valence-electron chi connectivity index (χ3n) is 1.88. The first-order valence-corrected chi connectivity index (χ1v) is 5.47. The molecule has 0 saturated carbocycles. The van der Waals surface area contributed by atoms with E-state index in [-0.39, 0.29) is 5.97 Å². The number of methoxy groups -OCH3 is 1. The summed E-state index contributed by atoms with van der Waals surface area (Å²) in [5, 5.41) is 0. The Morgan fingerprint density at radius 2 is 1.47 bits per heavy atom. The molecule has 0 heterocycles. The first-order valence-electron chi connectivity index (χ1n) is 5.47. The van der Waals surface area contributed by atoms with E-state index in [2.05, 4.69) is 0 Å². The second kappa shape index (κ2) is 11.5. The van der Waals surface area contributed by atoms with E-state index in [9.17, 15) is 4.79 Å². The number of hydrogen-bond acceptors (Lipinski definition) is 4. The number of unbranched alkanes of at least 4 members (excludes halogenated alkanes) is 2. The smallest absolute Gasteiger partial charge is 0.302 e. The molecular formula is C11H22O4. The fraction of sp³-hybridized carbons (Fsp3) is 0.909. The van der Waals surface area contributed by atoms with Gasteiger partial charge in [-0.05, 0) is 25.7 Å². The molecule has 0 saturated heterocycles. The van der Waals surface area contributed by atoms with Gasteiger partial charge in [0.2, 0.25) is 0 Å². The zero-order valence-electron chi connectivity index (χ0n) is 9.79. The highest BCUT2D eigenvalue weighted by molar-refractivity contribution is 5.65. The Kier molecular flexibility index (Phi) is 11.0. The Balaban J connectivity index is 2.89. The third kappa shape index (κ3) is 13.4. The van der Waals surface area contributed by atoms with Crippen molar-refractivity contribution in [2.75, 3.05) is 33.5 Å². The van der Waals surface area contributed by atoms with Crippen molar-refractivity contribution in [1.82, 2.24) is 0 Å². The Labute approximate surface area is 91.9 Å². The van der Waals surface area contributed by atoms with Gasteiger partial charge in [0, 0.05) is 33.9 Å². The van der Waals surface area contributed by atoms with Gasteiger partial charge in [-0.15, -0.1) is 0 Å². The fourth-order valence-electron chi connectivity index (χ4n) is 1.07. The van der Waals surface area contributed by atoms with Gasteiger partial charge in [-0.2, -0.15) is 0 Å². The zero-order chi connectivity index (χ0) is 11.4. The molecule has 0 amide bonds. The predicted octanol–water partition coefficient (Wildman–Crippen LogP) is 1.77. The number of carbonyl (C=O) groups is 1. The van der Waals surface area contributed by atoms with Crippen LogP contribution in [0.5, 0.6) is 0 Å². The normalized spacial score (nSPS) is 10.3. The van der Waals surface area contributed by atoms with E-state index < -0.39 is 0 Å². The summed E-state index contributed by atoms with van der Waals surface area (Å²) in [5.74, 6) is -0.213. The molecular weight excluding hydrogens is 196 g/mol. The van der Waals surface area contributed by atoms with Gasteiger partial charge in [0.25, 0.3) is 0 Å². The number of rotatable bonds is 10. The molecule has 0 radical (unpaired) electrons. The maximum absolute atomic E-state index is 10.4. The Bertz CT molecular complexity index is 148. The molecule has 0 fully saturated rings. The minimum Gasteiger partial charge on any atom is -0.466 e. The lowest BCUT2D eigenvalue weighted by molar-refractivity contribution is -0.141. The summed E-state index contributed by atoms with van der Waals surface area (Å²) in [6, 6.07) is 0. The Morgan fingerprint density at radius 1 is 0.933 bits per heavy atom. The molecule has 0 unspecified atom stereocenters. The molecule has 0 aliphatic carbocycles. The second-order valence-electron chi connectivity index (χ2n) is 3.36. The number of esters is 1. The summed E-state index contributed by atoms with van der Waals surface area (Å²) < 4.78 is 15.1. The lowest BCUT2D eigenvalue weighted by atomic mass is 10.3. The molecule has 0 atom stereocenters. The van der Waals surface area contributed by atoms with Gasteiger partial charge in [-0.1, -0.05) is 0 Å². The molecule has 4 heteroatoms. The molecule has 15 heavy (non-hydrogen) atoms. The van der Waals surface area contributed by atoms with Crippen molar-refractivity contribution in [3.05, 3.63) is 0 Å². The summed E-state index contributed by atoms with van der Waals surface area (Å²) >= 11 is 0. The summed E-state index contributed by atoms with van der Waals surface area (Å²) in [5.41, 5.74) is 0. The van der Waals surface area contributed by atoms with E-state index >= 15 is 0 Å². The van der Waals surface area contributed by atoms with E-state index in [1.807, 2.05) is 0 Å². The van der Waals surface area contributed by atoms with E-state index in [1.54, 1.807) is 7.11 Å². The van der Waals surface area contributed by atoms with Crippen LogP contribution in [0.25, 0.3) is 0 Å². The SMILES string of the molecule is COCCCCOCCCCOC(C)=O. The molecule has 0 aromatic rings. The van der Waals surface area contributed by atoms with E-state index in [4.69, 9.17) is 14.2 Å². The topological polar surface area (TPSA) is 44.8 Å². The first kappa shape index (κ1) is 14.4. The van der Waals surface area contributed by atoms with Crippen LogP contribution in [0.2, 0.25) is 0 Å². The van der Waals surface area contributed by atoms with Crippen LogP contribution in [0.1, 0.15) is 32.6 Å². The molecule has 90 valence electrons. The van der Waals surface area contributed by atoms with E-state index in [0.29, 0.717) is 6.61 Å². The predicted molar refractivity (Wildman–Crippen MR) is 57.8 cm³/mol. The molecule has 0 aliphatic heterocycles. The highest BCUT2D eigenvalue weighted by Crippen LogP contribution is 1.95. The highest BCUT2D eigenvalue weighted by atomic mass is 16.5.